The Morgan fingerprint density at radius 3 is 2.94 bits per heavy atom. The number of hydrogen-bond donors (Lipinski definition) is 1. The van der Waals surface area contributed by atoms with Crippen LogP contribution in [-0.4, -0.2) is 21.0 Å². The molecule has 5 heteroatoms. The fourth-order valence-corrected chi connectivity index (χ4v) is 4.23. The quantitative estimate of drug-likeness (QED) is 0.904. The average Bonchev–Trinajstić information content (AvgIpc) is 2.77. The van der Waals surface area contributed by atoms with Crippen LogP contribution in [0.4, 0.5) is 0 Å². The summed E-state index contributed by atoms with van der Waals surface area (Å²) in [6.45, 7) is 3.88. The number of nitrogens with zero attached hydrogens (tertiary/aromatic N) is 2. The van der Waals surface area contributed by atoms with E-state index in [0.29, 0.717) is 0 Å². The van der Waals surface area contributed by atoms with E-state index in [-0.39, 0.29) is 12.3 Å². The van der Waals surface area contributed by atoms with Crippen LogP contribution in [0.2, 0.25) is 0 Å². The molecule has 1 aliphatic carbocycles. The van der Waals surface area contributed by atoms with E-state index in [1.54, 1.807) is 11.3 Å². The van der Waals surface area contributed by atoms with Crippen LogP contribution in [-0.2, 0) is 11.2 Å². The molecule has 2 aromatic rings. The van der Waals surface area contributed by atoms with Gasteiger partial charge >= 0.3 is 5.97 Å². The van der Waals surface area contributed by atoms with Crippen molar-refractivity contribution in [1.82, 2.24) is 9.97 Å². The van der Waals surface area contributed by atoms with Crippen LogP contribution in [0.5, 0.6) is 0 Å². The fraction of sp³-hybridized carbons (Fsp3) is 0.462. The first kappa shape index (κ1) is 11.6. The lowest BCUT2D eigenvalue weighted by molar-refractivity contribution is -0.137. The lowest BCUT2D eigenvalue weighted by Gasteiger charge is -2.09. The maximum Gasteiger partial charge on any atom is 0.303 e. The van der Waals surface area contributed by atoms with E-state index in [9.17, 15) is 4.79 Å². The Morgan fingerprint density at radius 1 is 1.44 bits per heavy atom. The van der Waals surface area contributed by atoms with E-state index in [1.807, 2.05) is 13.8 Å². The summed E-state index contributed by atoms with van der Waals surface area (Å²) in [5.41, 5.74) is 2.18. The summed E-state index contributed by atoms with van der Waals surface area (Å²) in [5, 5.41) is 10.1. The van der Waals surface area contributed by atoms with Gasteiger partial charge in [0.2, 0.25) is 0 Å². The molecular weight excluding hydrogens is 248 g/mol. The lowest BCUT2D eigenvalue weighted by atomic mass is 9.97. The predicted molar refractivity (Wildman–Crippen MR) is 70.2 cm³/mol. The maximum atomic E-state index is 10.9. The first-order chi connectivity index (χ1) is 8.56. The zero-order chi connectivity index (χ0) is 12.9. The van der Waals surface area contributed by atoms with E-state index >= 15 is 0 Å². The van der Waals surface area contributed by atoms with Gasteiger partial charge in [0.25, 0.3) is 0 Å². The van der Waals surface area contributed by atoms with Gasteiger partial charge in [-0.25, -0.2) is 9.97 Å². The molecule has 3 rings (SSSR count). The van der Waals surface area contributed by atoms with Gasteiger partial charge in [-0.1, -0.05) is 0 Å². The first-order valence-corrected chi connectivity index (χ1v) is 6.86. The van der Waals surface area contributed by atoms with E-state index in [4.69, 9.17) is 5.11 Å². The highest BCUT2D eigenvalue weighted by atomic mass is 32.1. The third kappa shape index (κ3) is 1.70. The fourth-order valence-electron chi connectivity index (χ4n) is 2.86. The van der Waals surface area contributed by atoms with Gasteiger partial charge in [0.05, 0.1) is 6.42 Å². The largest absolute Gasteiger partial charge is 0.481 e. The molecular formula is C13H14N2O2S. The summed E-state index contributed by atoms with van der Waals surface area (Å²) >= 11 is 1.70. The Labute approximate surface area is 109 Å². The average molecular weight is 262 g/mol. The first-order valence-electron chi connectivity index (χ1n) is 6.04. The third-order valence-electron chi connectivity index (χ3n) is 3.51. The summed E-state index contributed by atoms with van der Waals surface area (Å²) in [4.78, 5) is 22.1. The highest BCUT2D eigenvalue weighted by Gasteiger charge is 2.30. The molecule has 0 unspecified atom stereocenters. The molecule has 4 nitrogen and oxygen atoms in total. The van der Waals surface area contributed by atoms with Crippen LogP contribution < -0.4 is 0 Å². The van der Waals surface area contributed by atoms with Gasteiger partial charge in [0, 0.05) is 16.0 Å². The highest BCUT2D eigenvalue weighted by Crippen LogP contribution is 2.45. The molecule has 0 saturated carbocycles. The topological polar surface area (TPSA) is 63.1 Å². The molecule has 0 bridgehead atoms. The monoisotopic (exact) mass is 262 g/mol. The number of carboxylic acids is 1. The summed E-state index contributed by atoms with van der Waals surface area (Å²) in [6.07, 6.45) is 2.13. The number of thiophene rings is 1. The molecule has 0 spiro atoms. The van der Waals surface area contributed by atoms with E-state index in [0.717, 1.165) is 34.6 Å². The molecule has 0 aliphatic heterocycles. The van der Waals surface area contributed by atoms with Gasteiger partial charge < -0.3 is 5.11 Å². The normalized spacial score (nSPS) is 18.2. The van der Waals surface area contributed by atoms with Crippen molar-refractivity contribution in [2.75, 3.05) is 0 Å². The summed E-state index contributed by atoms with van der Waals surface area (Å²) in [6, 6.07) is 0. The third-order valence-corrected chi connectivity index (χ3v) is 4.67. The Balaban J connectivity index is 2.19. The molecule has 1 N–H and O–H groups in total. The van der Waals surface area contributed by atoms with Crippen molar-refractivity contribution in [2.24, 2.45) is 0 Å². The molecule has 0 saturated heterocycles. The molecule has 2 aromatic heterocycles. The molecule has 94 valence electrons. The van der Waals surface area contributed by atoms with Crippen LogP contribution in [0.15, 0.2) is 0 Å². The number of rotatable bonds is 2. The van der Waals surface area contributed by atoms with Crippen LogP contribution in [0, 0.1) is 13.8 Å². The summed E-state index contributed by atoms with van der Waals surface area (Å²) < 4.78 is 0. The van der Waals surface area contributed by atoms with Crippen LogP contribution in [0.3, 0.4) is 0 Å². The molecule has 0 fully saturated rings. The highest BCUT2D eigenvalue weighted by molar-refractivity contribution is 7.18. The van der Waals surface area contributed by atoms with Crippen molar-refractivity contribution in [3.05, 3.63) is 22.0 Å². The Bertz CT molecular complexity index is 648. The smallest absolute Gasteiger partial charge is 0.303 e. The van der Waals surface area contributed by atoms with E-state index in [1.165, 1.54) is 10.4 Å². The Kier molecular flexibility index (Phi) is 2.59. The van der Waals surface area contributed by atoms with Crippen molar-refractivity contribution in [3.8, 4) is 0 Å². The molecule has 0 aromatic carbocycles. The minimum atomic E-state index is -0.724. The van der Waals surface area contributed by atoms with Crippen LogP contribution in [0.1, 0.15) is 40.7 Å². The van der Waals surface area contributed by atoms with Crippen LogP contribution in [0.25, 0.3) is 10.2 Å². The lowest BCUT2D eigenvalue weighted by Crippen LogP contribution is -2.04. The van der Waals surface area contributed by atoms with Crippen molar-refractivity contribution in [3.63, 3.8) is 0 Å². The van der Waals surface area contributed by atoms with E-state index < -0.39 is 5.97 Å². The Morgan fingerprint density at radius 2 is 2.22 bits per heavy atom. The molecule has 0 radical (unpaired) electrons. The second-order valence-electron chi connectivity index (χ2n) is 4.81. The molecule has 2 heterocycles. The zero-order valence-electron chi connectivity index (χ0n) is 10.4. The van der Waals surface area contributed by atoms with Gasteiger partial charge in [0.15, 0.2) is 0 Å². The summed E-state index contributed by atoms with van der Waals surface area (Å²) in [7, 11) is 0. The number of carbonyl (C=O) groups is 1. The zero-order valence-corrected chi connectivity index (χ0v) is 11.2. The summed E-state index contributed by atoms with van der Waals surface area (Å²) in [5.74, 6) is 0.198. The van der Waals surface area contributed by atoms with Gasteiger partial charge in [0.1, 0.15) is 10.7 Å². The van der Waals surface area contributed by atoms with Crippen molar-refractivity contribution < 1.29 is 9.90 Å². The standard InChI is InChI=1S/C13H14N2O2S/c1-6-11-12-8(5-10(16)17)3-4-9(12)18-13(11)15-7(2)14-6/h8H,3-5H2,1-2H3,(H,16,17)/t8-/m1/s1. The number of hydrogen-bond acceptors (Lipinski definition) is 4. The van der Waals surface area contributed by atoms with Gasteiger partial charge in [-0.05, 0) is 38.2 Å². The number of aromatic nitrogens is 2. The molecule has 0 amide bonds. The van der Waals surface area contributed by atoms with Gasteiger partial charge in [-0.2, -0.15) is 0 Å². The van der Waals surface area contributed by atoms with Gasteiger partial charge in [-0.15, -0.1) is 11.3 Å². The second kappa shape index (κ2) is 4.02. The maximum absolute atomic E-state index is 10.9. The Hall–Kier alpha value is -1.49. The van der Waals surface area contributed by atoms with Crippen molar-refractivity contribution in [2.45, 2.75) is 39.0 Å². The SMILES string of the molecule is Cc1nc(C)c2c3c(sc2n1)CC[C@@H]3CC(=O)O. The van der Waals surface area contributed by atoms with Gasteiger partial charge in [-0.3, -0.25) is 4.79 Å². The van der Waals surface area contributed by atoms with Crippen LogP contribution >= 0.6 is 11.3 Å². The molecule has 18 heavy (non-hydrogen) atoms. The van der Waals surface area contributed by atoms with Crippen molar-refractivity contribution in [1.29, 1.82) is 0 Å². The van der Waals surface area contributed by atoms with E-state index in [2.05, 4.69) is 9.97 Å². The predicted octanol–water partition coefficient (Wildman–Crippen LogP) is 2.81. The second-order valence-corrected chi connectivity index (χ2v) is 5.89. The minimum Gasteiger partial charge on any atom is -0.481 e. The number of aliphatic carboxylic acids is 1. The number of carboxylic acid groups (broad SMARTS) is 1. The van der Waals surface area contributed by atoms with Crippen molar-refractivity contribution >= 4 is 27.5 Å². The number of fused-ring (bicyclic) bond motifs is 3. The molecule has 1 atom stereocenters. The number of aryl methyl sites for hydroxylation is 3. The molecule has 1 aliphatic rings. The minimum absolute atomic E-state index is 0.135.